The Morgan fingerprint density at radius 3 is 2.36 bits per heavy atom. The molecule has 0 atom stereocenters. The first kappa shape index (κ1) is 17.5. The molecule has 0 radical (unpaired) electrons. The Morgan fingerprint density at radius 1 is 1.00 bits per heavy atom. The van der Waals surface area contributed by atoms with Gasteiger partial charge in [0.05, 0.1) is 20.2 Å². The number of quaternary nitrogens is 1. The highest BCUT2D eigenvalue weighted by atomic mass is 16.5. The van der Waals surface area contributed by atoms with Gasteiger partial charge in [0.25, 0.3) is 5.91 Å². The summed E-state index contributed by atoms with van der Waals surface area (Å²) in [4.78, 5) is 14.0. The zero-order valence-corrected chi connectivity index (χ0v) is 14.9. The Labute approximate surface area is 149 Å². The Morgan fingerprint density at radius 2 is 1.68 bits per heavy atom. The quantitative estimate of drug-likeness (QED) is 0.847. The number of benzene rings is 2. The molecule has 4 heteroatoms. The van der Waals surface area contributed by atoms with Gasteiger partial charge in [0, 0.05) is 17.7 Å². The average molecular weight is 339 g/mol. The summed E-state index contributed by atoms with van der Waals surface area (Å²) in [6, 6.07) is 15.6. The highest BCUT2D eigenvalue weighted by Gasteiger charge is 2.16. The fourth-order valence-electron chi connectivity index (χ4n) is 3.42. The second-order valence-electron chi connectivity index (χ2n) is 6.67. The van der Waals surface area contributed by atoms with Crippen molar-refractivity contribution in [2.24, 2.45) is 0 Å². The molecule has 1 amide bonds. The van der Waals surface area contributed by atoms with Crippen molar-refractivity contribution in [2.75, 3.05) is 20.2 Å². The maximum Gasteiger partial charge on any atom is 0.251 e. The van der Waals surface area contributed by atoms with E-state index in [4.69, 9.17) is 4.74 Å². The number of nitrogens with one attached hydrogen (secondary N) is 2. The molecule has 3 rings (SSSR count). The van der Waals surface area contributed by atoms with E-state index < -0.39 is 0 Å². The third kappa shape index (κ3) is 4.83. The van der Waals surface area contributed by atoms with Crippen LogP contribution in [0.5, 0.6) is 5.75 Å². The maximum absolute atomic E-state index is 12.4. The van der Waals surface area contributed by atoms with Crippen LogP contribution >= 0.6 is 0 Å². The summed E-state index contributed by atoms with van der Waals surface area (Å²) >= 11 is 0. The SMILES string of the molecule is COc1ccc(C(=O)NCc2ccccc2C[NH+]2CCCCC2)cc1. The number of amides is 1. The summed E-state index contributed by atoms with van der Waals surface area (Å²) in [6.45, 7) is 4.13. The molecular weight excluding hydrogens is 312 g/mol. The van der Waals surface area contributed by atoms with Crippen LogP contribution in [0.2, 0.25) is 0 Å². The van der Waals surface area contributed by atoms with Crippen LogP contribution in [-0.4, -0.2) is 26.1 Å². The van der Waals surface area contributed by atoms with Crippen LogP contribution in [0.1, 0.15) is 40.7 Å². The summed E-state index contributed by atoms with van der Waals surface area (Å²) < 4.78 is 5.13. The van der Waals surface area contributed by atoms with Crippen LogP contribution < -0.4 is 15.0 Å². The number of methoxy groups -OCH3 is 1. The summed E-state index contributed by atoms with van der Waals surface area (Å²) in [7, 11) is 1.62. The molecule has 0 aliphatic carbocycles. The molecule has 2 aromatic rings. The first-order chi connectivity index (χ1) is 12.3. The van der Waals surface area contributed by atoms with Gasteiger partial charge in [0.15, 0.2) is 0 Å². The predicted molar refractivity (Wildman–Crippen MR) is 98.9 cm³/mol. The van der Waals surface area contributed by atoms with Crippen LogP contribution in [0.15, 0.2) is 48.5 Å². The monoisotopic (exact) mass is 339 g/mol. The Balaban J connectivity index is 1.61. The molecule has 0 spiro atoms. The van der Waals surface area contributed by atoms with Gasteiger partial charge in [-0.2, -0.15) is 0 Å². The van der Waals surface area contributed by atoms with E-state index in [0.29, 0.717) is 12.1 Å². The third-order valence-corrected chi connectivity index (χ3v) is 4.91. The summed E-state index contributed by atoms with van der Waals surface area (Å²) in [5.74, 6) is 0.703. The molecule has 0 saturated carbocycles. The number of carbonyl (C=O) groups excluding carboxylic acids is 1. The predicted octanol–water partition coefficient (Wildman–Crippen LogP) is 2.19. The van der Waals surface area contributed by atoms with E-state index in [1.807, 2.05) is 18.2 Å². The van der Waals surface area contributed by atoms with E-state index in [1.165, 1.54) is 43.5 Å². The molecule has 2 N–H and O–H groups in total. The standard InChI is InChI=1S/C21H26N2O2/c1-25-20-11-9-17(10-12-20)21(24)22-15-18-7-3-4-8-19(18)16-23-13-5-2-6-14-23/h3-4,7-12H,2,5-6,13-16H2,1H3,(H,22,24)/p+1. The summed E-state index contributed by atoms with van der Waals surface area (Å²) in [6.07, 6.45) is 4.01. The van der Waals surface area contributed by atoms with Crippen LogP contribution in [0.3, 0.4) is 0 Å². The molecule has 132 valence electrons. The minimum Gasteiger partial charge on any atom is -0.497 e. The zero-order valence-electron chi connectivity index (χ0n) is 14.9. The lowest BCUT2D eigenvalue weighted by Crippen LogP contribution is -3.11. The zero-order chi connectivity index (χ0) is 17.5. The molecule has 1 aliphatic heterocycles. The second-order valence-corrected chi connectivity index (χ2v) is 6.67. The fraction of sp³-hybridized carbons (Fsp3) is 0.381. The molecule has 0 unspecified atom stereocenters. The molecule has 1 fully saturated rings. The Kier molecular flexibility index (Phi) is 6.07. The number of piperidine rings is 1. The van der Waals surface area contributed by atoms with E-state index in [1.54, 1.807) is 24.1 Å². The molecule has 0 aromatic heterocycles. The van der Waals surface area contributed by atoms with Crippen molar-refractivity contribution in [1.82, 2.24) is 5.32 Å². The number of carbonyl (C=O) groups is 1. The largest absolute Gasteiger partial charge is 0.497 e. The topological polar surface area (TPSA) is 42.8 Å². The van der Waals surface area contributed by atoms with E-state index >= 15 is 0 Å². The highest BCUT2D eigenvalue weighted by molar-refractivity contribution is 5.94. The lowest BCUT2D eigenvalue weighted by Gasteiger charge is -2.24. The van der Waals surface area contributed by atoms with E-state index in [-0.39, 0.29) is 5.91 Å². The van der Waals surface area contributed by atoms with Crippen molar-refractivity contribution in [3.8, 4) is 5.75 Å². The van der Waals surface area contributed by atoms with Crippen LogP contribution in [0.4, 0.5) is 0 Å². The molecule has 25 heavy (non-hydrogen) atoms. The van der Waals surface area contributed by atoms with Gasteiger partial charge in [-0.25, -0.2) is 0 Å². The summed E-state index contributed by atoms with van der Waals surface area (Å²) in [5.41, 5.74) is 3.21. The number of ether oxygens (including phenoxy) is 1. The van der Waals surface area contributed by atoms with Gasteiger partial charge in [-0.3, -0.25) is 4.79 Å². The van der Waals surface area contributed by atoms with Crippen molar-refractivity contribution in [3.63, 3.8) is 0 Å². The first-order valence-electron chi connectivity index (χ1n) is 9.09. The van der Waals surface area contributed by atoms with Crippen molar-refractivity contribution in [3.05, 3.63) is 65.2 Å². The van der Waals surface area contributed by atoms with Crippen LogP contribution in [0, 0.1) is 0 Å². The third-order valence-electron chi connectivity index (χ3n) is 4.91. The van der Waals surface area contributed by atoms with Crippen LogP contribution in [0.25, 0.3) is 0 Å². The van der Waals surface area contributed by atoms with E-state index in [2.05, 4.69) is 23.5 Å². The van der Waals surface area contributed by atoms with Gasteiger partial charge < -0.3 is 15.0 Å². The van der Waals surface area contributed by atoms with E-state index in [0.717, 1.165) is 12.3 Å². The first-order valence-corrected chi connectivity index (χ1v) is 9.09. The van der Waals surface area contributed by atoms with Crippen molar-refractivity contribution >= 4 is 5.91 Å². The minimum absolute atomic E-state index is 0.0530. The maximum atomic E-state index is 12.4. The average Bonchev–Trinajstić information content (AvgIpc) is 2.68. The number of hydrogen-bond acceptors (Lipinski definition) is 2. The summed E-state index contributed by atoms with van der Waals surface area (Å²) in [5, 5.41) is 3.04. The fourth-order valence-corrected chi connectivity index (χ4v) is 3.42. The molecular formula is C21H27N2O2+. The normalized spacial score (nSPS) is 14.9. The van der Waals surface area contributed by atoms with E-state index in [9.17, 15) is 4.79 Å². The van der Waals surface area contributed by atoms with Crippen LogP contribution in [-0.2, 0) is 13.1 Å². The highest BCUT2D eigenvalue weighted by Crippen LogP contribution is 2.12. The molecule has 1 saturated heterocycles. The number of rotatable bonds is 6. The lowest BCUT2D eigenvalue weighted by atomic mass is 10.0. The van der Waals surface area contributed by atoms with Gasteiger partial charge in [0.1, 0.15) is 12.3 Å². The van der Waals surface area contributed by atoms with Gasteiger partial charge >= 0.3 is 0 Å². The molecule has 1 heterocycles. The minimum atomic E-state index is -0.0530. The van der Waals surface area contributed by atoms with Crippen molar-refractivity contribution < 1.29 is 14.4 Å². The Bertz CT molecular complexity index is 691. The number of likely N-dealkylation sites (tertiary alicyclic amines) is 1. The van der Waals surface area contributed by atoms with Crippen molar-refractivity contribution in [2.45, 2.75) is 32.4 Å². The molecule has 2 aromatic carbocycles. The number of hydrogen-bond donors (Lipinski definition) is 2. The van der Waals surface area contributed by atoms with Crippen molar-refractivity contribution in [1.29, 1.82) is 0 Å². The lowest BCUT2D eigenvalue weighted by molar-refractivity contribution is -0.918. The molecule has 4 nitrogen and oxygen atoms in total. The van der Waals surface area contributed by atoms with Gasteiger partial charge in [-0.05, 0) is 49.1 Å². The molecule has 0 bridgehead atoms. The molecule has 1 aliphatic rings. The van der Waals surface area contributed by atoms with Gasteiger partial charge in [-0.15, -0.1) is 0 Å². The smallest absolute Gasteiger partial charge is 0.251 e. The second kappa shape index (κ2) is 8.67. The van der Waals surface area contributed by atoms with Gasteiger partial charge in [-0.1, -0.05) is 24.3 Å². The Hall–Kier alpha value is -2.33. The van der Waals surface area contributed by atoms with Gasteiger partial charge in [0.2, 0.25) is 0 Å².